The lowest BCUT2D eigenvalue weighted by Crippen LogP contribution is -2.54. The third kappa shape index (κ3) is 4.29. The monoisotopic (exact) mass is 377 g/mol. The Kier molecular flexibility index (Phi) is 5.90. The number of nitriles is 1. The summed E-state index contributed by atoms with van der Waals surface area (Å²) in [5.74, 6) is 0.287. The molecule has 7 nitrogen and oxygen atoms in total. The van der Waals surface area contributed by atoms with Crippen molar-refractivity contribution < 1.29 is 9.59 Å². The van der Waals surface area contributed by atoms with Gasteiger partial charge < -0.3 is 15.1 Å². The quantitative estimate of drug-likeness (QED) is 0.876. The van der Waals surface area contributed by atoms with Crippen LogP contribution in [0.4, 0.5) is 5.82 Å². The van der Waals surface area contributed by atoms with Gasteiger partial charge in [-0.15, -0.1) is 0 Å². The Hall–Kier alpha value is -3.40. The van der Waals surface area contributed by atoms with E-state index in [-0.39, 0.29) is 11.8 Å². The summed E-state index contributed by atoms with van der Waals surface area (Å²) in [7, 11) is 0. The summed E-state index contributed by atoms with van der Waals surface area (Å²) in [5.41, 5.74) is 2.07. The lowest BCUT2D eigenvalue weighted by Gasteiger charge is -2.36. The number of anilines is 1. The molecule has 0 spiro atoms. The lowest BCUT2D eigenvalue weighted by molar-refractivity contribution is -0.133. The fourth-order valence-corrected chi connectivity index (χ4v) is 3.28. The zero-order valence-corrected chi connectivity index (χ0v) is 16.1. The lowest BCUT2D eigenvalue weighted by atomic mass is 10.1. The highest BCUT2D eigenvalue weighted by Crippen LogP contribution is 2.18. The molecule has 2 heterocycles. The third-order valence-electron chi connectivity index (χ3n) is 4.80. The molecule has 0 saturated carbocycles. The maximum Gasteiger partial charge on any atom is 0.251 e. The number of pyridine rings is 1. The maximum absolute atomic E-state index is 12.7. The number of aryl methyl sites for hydroxylation is 1. The minimum Gasteiger partial charge on any atom is -0.352 e. The van der Waals surface area contributed by atoms with Gasteiger partial charge in [-0.1, -0.05) is 17.7 Å². The van der Waals surface area contributed by atoms with Crippen LogP contribution in [0.1, 0.15) is 28.4 Å². The second kappa shape index (κ2) is 8.53. The van der Waals surface area contributed by atoms with Crippen LogP contribution in [0.3, 0.4) is 0 Å². The van der Waals surface area contributed by atoms with Gasteiger partial charge in [0, 0.05) is 37.9 Å². The van der Waals surface area contributed by atoms with E-state index in [1.165, 1.54) is 0 Å². The molecule has 7 heteroatoms. The van der Waals surface area contributed by atoms with Crippen molar-refractivity contribution in [2.75, 3.05) is 31.1 Å². The van der Waals surface area contributed by atoms with Crippen molar-refractivity contribution in [2.45, 2.75) is 19.9 Å². The molecule has 0 unspecified atom stereocenters. The van der Waals surface area contributed by atoms with Crippen molar-refractivity contribution in [2.24, 2.45) is 0 Å². The van der Waals surface area contributed by atoms with E-state index in [0.717, 1.165) is 5.56 Å². The maximum atomic E-state index is 12.7. The fraction of sp³-hybridized carbons (Fsp3) is 0.333. The van der Waals surface area contributed by atoms with Gasteiger partial charge in [-0.3, -0.25) is 9.59 Å². The Morgan fingerprint density at radius 1 is 1.18 bits per heavy atom. The topological polar surface area (TPSA) is 89.3 Å². The van der Waals surface area contributed by atoms with E-state index >= 15 is 0 Å². The number of rotatable bonds is 4. The minimum atomic E-state index is -0.607. The van der Waals surface area contributed by atoms with E-state index in [1.807, 2.05) is 24.0 Å². The van der Waals surface area contributed by atoms with Gasteiger partial charge >= 0.3 is 0 Å². The molecule has 0 radical (unpaired) electrons. The highest BCUT2D eigenvalue weighted by molar-refractivity contribution is 5.97. The van der Waals surface area contributed by atoms with Gasteiger partial charge in [-0.25, -0.2) is 4.98 Å². The van der Waals surface area contributed by atoms with E-state index in [9.17, 15) is 14.9 Å². The first-order valence-corrected chi connectivity index (χ1v) is 9.26. The van der Waals surface area contributed by atoms with Crippen molar-refractivity contribution >= 4 is 17.6 Å². The minimum absolute atomic E-state index is 0.109. The molecule has 2 aromatic rings. The fourth-order valence-electron chi connectivity index (χ4n) is 3.28. The zero-order valence-electron chi connectivity index (χ0n) is 16.1. The summed E-state index contributed by atoms with van der Waals surface area (Å²) in [6.45, 7) is 5.85. The number of benzene rings is 1. The molecule has 28 heavy (non-hydrogen) atoms. The van der Waals surface area contributed by atoms with Crippen molar-refractivity contribution in [3.8, 4) is 6.07 Å². The first kappa shape index (κ1) is 19.4. The predicted molar refractivity (Wildman–Crippen MR) is 106 cm³/mol. The average Bonchev–Trinajstić information content (AvgIpc) is 2.73. The van der Waals surface area contributed by atoms with E-state index in [1.54, 1.807) is 42.3 Å². The Morgan fingerprint density at radius 2 is 1.93 bits per heavy atom. The summed E-state index contributed by atoms with van der Waals surface area (Å²) < 4.78 is 0. The first-order valence-electron chi connectivity index (χ1n) is 9.26. The van der Waals surface area contributed by atoms with Crippen LogP contribution in [0.2, 0.25) is 0 Å². The van der Waals surface area contributed by atoms with E-state index < -0.39 is 6.04 Å². The second-order valence-corrected chi connectivity index (χ2v) is 6.86. The van der Waals surface area contributed by atoms with Crippen LogP contribution in [-0.2, 0) is 4.79 Å². The molecule has 0 aliphatic carbocycles. The molecular weight excluding hydrogens is 354 g/mol. The number of piperazine rings is 1. The van der Waals surface area contributed by atoms with Gasteiger partial charge in [-0.05, 0) is 38.1 Å². The second-order valence-electron chi connectivity index (χ2n) is 6.86. The third-order valence-corrected chi connectivity index (χ3v) is 4.80. The van der Waals surface area contributed by atoms with E-state index in [2.05, 4.69) is 16.4 Å². The van der Waals surface area contributed by atoms with Crippen molar-refractivity contribution in [1.29, 1.82) is 5.26 Å². The van der Waals surface area contributed by atoms with Crippen LogP contribution in [0.25, 0.3) is 0 Å². The molecule has 1 fully saturated rings. The summed E-state index contributed by atoms with van der Waals surface area (Å²) in [5, 5.41) is 12.0. The molecule has 1 saturated heterocycles. The Bertz CT molecular complexity index is 913. The Morgan fingerprint density at radius 3 is 2.61 bits per heavy atom. The molecule has 1 N–H and O–H groups in total. The highest BCUT2D eigenvalue weighted by atomic mass is 16.2. The Balaban J connectivity index is 1.57. The average molecular weight is 377 g/mol. The number of hydrogen-bond acceptors (Lipinski definition) is 5. The summed E-state index contributed by atoms with van der Waals surface area (Å²) in [6, 6.07) is 12.3. The first-order chi connectivity index (χ1) is 13.5. The number of nitrogens with zero attached hydrogens (tertiary/aromatic N) is 4. The van der Waals surface area contributed by atoms with Gasteiger partial charge in [0.15, 0.2) is 0 Å². The number of amides is 2. The molecule has 3 rings (SSSR count). The standard InChI is InChI=1S/C21H23N5O2/c1-15-5-3-6-17(13-15)20(27)24-16(2)21(28)26-11-9-25(10-12-26)19-18(14-22)7-4-8-23-19/h3-8,13,16H,9-12H2,1-2H3,(H,24,27)/t16-/m0/s1. The van der Waals surface area contributed by atoms with Crippen molar-refractivity contribution in [3.63, 3.8) is 0 Å². The van der Waals surface area contributed by atoms with E-state index in [4.69, 9.17) is 0 Å². The molecule has 144 valence electrons. The zero-order chi connectivity index (χ0) is 20.1. The number of carbonyl (C=O) groups is 2. The number of carbonyl (C=O) groups excluding carboxylic acids is 2. The molecule has 2 amide bonds. The van der Waals surface area contributed by atoms with Crippen LogP contribution in [0, 0.1) is 18.3 Å². The summed E-state index contributed by atoms with van der Waals surface area (Å²) in [6.07, 6.45) is 1.66. The number of aromatic nitrogens is 1. The summed E-state index contributed by atoms with van der Waals surface area (Å²) in [4.78, 5) is 33.2. The van der Waals surface area contributed by atoms with E-state index in [0.29, 0.717) is 43.1 Å². The van der Waals surface area contributed by atoms with Crippen molar-refractivity contribution in [3.05, 3.63) is 59.3 Å². The molecule has 0 bridgehead atoms. The van der Waals surface area contributed by atoms with Crippen LogP contribution in [-0.4, -0.2) is 53.9 Å². The molecular formula is C21H23N5O2. The van der Waals surface area contributed by atoms with Gasteiger partial charge in [0.1, 0.15) is 17.9 Å². The van der Waals surface area contributed by atoms with Gasteiger partial charge in [-0.2, -0.15) is 5.26 Å². The predicted octanol–water partition coefficient (Wildman–Crippen LogP) is 1.73. The van der Waals surface area contributed by atoms with Crippen LogP contribution >= 0.6 is 0 Å². The molecule has 1 aliphatic heterocycles. The smallest absolute Gasteiger partial charge is 0.251 e. The van der Waals surface area contributed by atoms with Gasteiger partial charge in [0.25, 0.3) is 5.91 Å². The largest absolute Gasteiger partial charge is 0.352 e. The Labute approximate surface area is 164 Å². The van der Waals surface area contributed by atoms with Crippen LogP contribution in [0.5, 0.6) is 0 Å². The van der Waals surface area contributed by atoms with Gasteiger partial charge in [0.05, 0.1) is 5.56 Å². The van der Waals surface area contributed by atoms with Crippen LogP contribution in [0.15, 0.2) is 42.6 Å². The normalized spacial score (nSPS) is 14.9. The number of hydrogen-bond donors (Lipinski definition) is 1. The molecule has 1 aromatic carbocycles. The SMILES string of the molecule is Cc1cccc(C(=O)N[C@@H](C)C(=O)N2CCN(c3ncccc3C#N)CC2)c1. The molecule has 1 aliphatic rings. The molecule has 1 atom stereocenters. The molecule has 1 aromatic heterocycles. The highest BCUT2D eigenvalue weighted by Gasteiger charge is 2.27. The van der Waals surface area contributed by atoms with Crippen LogP contribution < -0.4 is 10.2 Å². The number of nitrogens with one attached hydrogen (secondary N) is 1. The van der Waals surface area contributed by atoms with Gasteiger partial charge in [0.2, 0.25) is 5.91 Å². The summed E-state index contributed by atoms with van der Waals surface area (Å²) >= 11 is 0. The van der Waals surface area contributed by atoms with Crippen molar-refractivity contribution in [1.82, 2.24) is 15.2 Å².